The zero-order chi connectivity index (χ0) is 11.7. The number of nitrogens with two attached hydrogens (primary N) is 1. The van der Waals surface area contributed by atoms with Gasteiger partial charge in [0.25, 0.3) is 5.56 Å². The molecule has 17 heavy (non-hydrogen) atoms. The Bertz CT molecular complexity index is 484. The van der Waals surface area contributed by atoms with Crippen LogP contribution < -0.4 is 16.2 Å². The fraction of sp³-hybridized carbons (Fsp3) is 0.500. The molecule has 0 aliphatic carbocycles. The van der Waals surface area contributed by atoms with Crippen molar-refractivity contribution in [2.24, 2.45) is 4.99 Å². The van der Waals surface area contributed by atoms with Crippen LogP contribution in [0.5, 0.6) is 0 Å². The molecule has 1 aromatic rings. The summed E-state index contributed by atoms with van der Waals surface area (Å²) < 4.78 is 0. The SMILES string of the molecule is CCCN1c2nc(N)[nH]c(=O)c2N=CC1C.Cl. The van der Waals surface area contributed by atoms with Gasteiger partial charge in [-0.3, -0.25) is 9.78 Å². The molecule has 1 unspecified atom stereocenters. The maximum atomic E-state index is 11.6. The van der Waals surface area contributed by atoms with Crippen molar-refractivity contribution in [3.8, 4) is 0 Å². The number of fused-ring (bicyclic) bond motifs is 1. The molecule has 2 heterocycles. The molecule has 0 spiro atoms. The standard InChI is InChI=1S/C10H15N5O.ClH/c1-3-4-15-6(2)5-12-7-8(15)13-10(11)14-9(7)16;/h5-6H,3-4H2,1-2H3,(H3,11,13,14,16);1H. The van der Waals surface area contributed by atoms with Crippen LogP contribution in [0.2, 0.25) is 0 Å². The van der Waals surface area contributed by atoms with Crippen LogP contribution >= 0.6 is 12.4 Å². The van der Waals surface area contributed by atoms with Crippen molar-refractivity contribution in [2.45, 2.75) is 26.3 Å². The Kier molecular flexibility index (Phi) is 4.11. The zero-order valence-corrected chi connectivity index (χ0v) is 10.6. The van der Waals surface area contributed by atoms with Gasteiger partial charge in [-0.2, -0.15) is 4.98 Å². The first kappa shape index (κ1) is 13.5. The lowest BCUT2D eigenvalue weighted by Crippen LogP contribution is -2.39. The van der Waals surface area contributed by atoms with Gasteiger partial charge >= 0.3 is 0 Å². The van der Waals surface area contributed by atoms with Crippen molar-refractivity contribution < 1.29 is 0 Å². The number of H-pyrrole nitrogens is 1. The molecular weight excluding hydrogens is 242 g/mol. The molecule has 0 radical (unpaired) electrons. The second-order valence-corrected chi connectivity index (χ2v) is 3.84. The van der Waals surface area contributed by atoms with Gasteiger partial charge in [0.2, 0.25) is 5.95 Å². The first-order chi connectivity index (χ1) is 7.63. The molecule has 0 bridgehead atoms. The van der Waals surface area contributed by atoms with Gasteiger partial charge in [0, 0.05) is 12.8 Å². The predicted molar refractivity (Wildman–Crippen MR) is 71.8 cm³/mol. The van der Waals surface area contributed by atoms with Crippen molar-refractivity contribution in [1.82, 2.24) is 9.97 Å². The molecule has 2 rings (SSSR count). The van der Waals surface area contributed by atoms with E-state index in [9.17, 15) is 4.79 Å². The lowest BCUT2D eigenvalue weighted by atomic mass is 10.2. The van der Waals surface area contributed by atoms with Gasteiger partial charge in [0.05, 0.1) is 6.04 Å². The third-order valence-corrected chi connectivity index (χ3v) is 2.54. The van der Waals surface area contributed by atoms with Crippen molar-refractivity contribution in [1.29, 1.82) is 0 Å². The summed E-state index contributed by atoms with van der Waals surface area (Å²) >= 11 is 0. The van der Waals surface area contributed by atoms with Crippen LogP contribution in [0.3, 0.4) is 0 Å². The number of hydrogen-bond acceptors (Lipinski definition) is 5. The van der Waals surface area contributed by atoms with Crippen LogP contribution in [0.15, 0.2) is 9.79 Å². The van der Waals surface area contributed by atoms with Gasteiger partial charge in [-0.15, -0.1) is 12.4 Å². The number of aliphatic imine (C=N–C) groups is 1. The Balaban J connectivity index is 0.00000144. The normalized spacial score (nSPS) is 17.5. The van der Waals surface area contributed by atoms with Gasteiger partial charge in [-0.1, -0.05) is 6.92 Å². The molecule has 3 N–H and O–H groups in total. The van der Waals surface area contributed by atoms with Crippen LogP contribution in [0.4, 0.5) is 17.5 Å². The minimum Gasteiger partial charge on any atom is -0.369 e. The van der Waals surface area contributed by atoms with Crippen molar-refractivity contribution in [2.75, 3.05) is 17.2 Å². The topological polar surface area (TPSA) is 87.4 Å². The summed E-state index contributed by atoms with van der Waals surface area (Å²) in [7, 11) is 0. The van der Waals surface area contributed by atoms with Gasteiger partial charge in [0.1, 0.15) is 0 Å². The highest BCUT2D eigenvalue weighted by molar-refractivity contribution is 5.85. The molecule has 7 heteroatoms. The van der Waals surface area contributed by atoms with Crippen LogP contribution in [-0.2, 0) is 0 Å². The third kappa shape index (κ3) is 2.41. The smallest absolute Gasteiger partial charge is 0.280 e. The summed E-state index contributed by atoms with van der Waals surface area (Å²) in [5, 5.41) is 0. The molecule has 0 saturated carbocycles. The Morgan fingerprint density at radius 2 is 2.29 bits per heavy atom. The number of nitrogens with zero attached hydrogens (tertiary/aromatic N) is 3. The maximum absolute atomic E-state index is 11.6. The largest absolute Gasteiger partial charge is 0.369 e. The number of anilines is 2. The first-order valence-electron chi connectivity index (χ1n) is 5.34. The molecule has 94 valence electrons. The van der Waals surface area contributed by atoms with Crippen LogP contribution in [0.1, 0.15) is 20.3 Å². The highest BCUT2D eigenvalue weighted by Crippen LogP contribution is 2.27. The summed E-state index contributed by atoms with van der Waals surface area (Å²) in [6, 6.07) is 0.140. The van der Waals surface area contributed by atoms with Crippen molar-refractivity contribution >= 4 is 36.1 Å². The molecule has 0 fully saturated rings. The quantitative estimate of drug-likeness (QED) is 0.830. The number of aromatic amines is 1. The van der Waals surface area contributed by atoms with Gasteiger partial charge < -0.3 is 10.6 Å². The molecule has 0 saturated heterocycles. The van der Waals surface area contributed by atoms with E-state index in [0.29, 0.717) is 11.5 Å². The zero-order valence-electron chi connectivity index (χ0n) is 9.80. The third-order valence-electron chi connectivity index (χ3n) is 2.54. The first-order valence-corrected chi connectivity index (χ1v) is 5.34. The Labute approximate surface area is 105 Å². The summed E-state index contributed by atoms with van der Waals surface area (Å²) in [6.45, 7) is 4.92. The summed E-state index contributed by atoms with van der Waals surface area (Å²) in [4.78, 5) is 24.4. The van der Waals surface area contributed by atoms with E-state index in [1.165, 1.54) is 0 Å². The van der Waals surface area contributed by atoms with E-state index >= 15 is 0 Å². The Morgan fingerprint density at radius 1 is 1.59 bits per heavy atom. The molecular formula is C10H16ClN5O. The van der Waals surface area contributed by atoms with Crippen LogP contribution in [-0.4, -0.2) is 28.8 Å². The van der Waals surface area contributed by atoms with E-state index in [-0.39, 0.29) is 30.0 Å². The van der Waals surface area contributed by atoms with Crippen LogP contribution in [0.25, 0.3) is 0 Å². The molecule has 6 nitrogen and oxygen atoms in total. The van der Waals surface area contributed by atoms with E-state index in [2.05, 4.69) is 21.9 Å². The van der Waals surface area contributed by atoms with E-state index in [1.54, 1.807) is 6.21 Å². The van der Waals surface area contributed by atoms with E-state index in [1.807, 2.05) is 11.8 Å². The molecule has 1 aliphatic heterocycles. The summed E-state index contributed by atoms with van der Waals surface area (Å²) in [6.07, 6.45) is 2.73. The molecule has 0 amide bonds. The minimum absolute atomic E-state index is 0. The fourth-order valence-electron chi connectivity index (χ4n) is 1.79. The highest BCUT2D eigenvalue weighted by atomic mass is 35.5. The van der Waals surface area contributed by atoms with E-state index in [0.717, 1.165) is 13.0 Å². The molecule has 1 aromatic heterocycles. The number of halogens is 1. The minimum atomic E-state index is -0.285. The lowest BCUT2D eigenvalue weighted by molar-refractivity contribution is 0.723. The Hall–Kier alpha value is -1.56. The number of rotatable bonds is 2. The van der Waals surface area contributed by atoms with Crippen molar-refractivity contribution in [3.05, 3.63) is 10.4 Å². The van der Waals surface area contributed by atoms with Gasteiger partial charge in [-0.25, -0.2) is 4.99 Å². The Morgan fingerprint density at radius 3 is 2.94 bits per heavy atom. The molecule has 1 aliphatic rings. The van der Waals surface area contributed by atoms with Gasteiger partial charge in [-0.05, 0) is 13.3 Å². The van der Waals surface area contributed by atoms with E-state index in [4.69, 9.17) is 5.73 Å². The number of hydrogen-bond donors (Lipinski definition) is 2. The highest BCUT2D eigenvalue weighted by Gasteiger charge is 2.23. The number of aromatic nitrogens is 2. The fourth-order valence-corrected chi connectivity index (χ4v) is 1.79. The van der Waals surface area contributed by atoms with Crippen molar-refractivity contribution in [3.63, 3.8) is 0 Å². The lowest BCUT2D eigenvalue weighted by Gasteiger charge is -2.30. The van der Waals surface area contributed by atoms with E-state index < -0.39 is 0 Å². The van der Waals surface area contributed by atoms with Gasteiger partial charge in [0.15, 0.2) is 11.5 Å². The predicted octanol–water partition coefficient (Wildman–Crippen LogP) is 1.09. The maximum Gasteiger partial charge on any atom is 0.280 e. The summed E-state index contributed by atoms with van der Waals surface area (Å²) in [5.74, 6) is 0.715. The number of nitrogens with one attached hydrogen (secondary N) is 1. The molecule has 1 atom stereocenters. The second kappa shape index (κ2) is 5.18. The average Bonchev–Trinajstić information content (AvgIpc) is 2.22. The van der Waals surface area contributed by atoms with Crippen LogP contribution in [0, 0.1) is 0 Å². The number of nitrogen functional groups attached to an aromatic ring is 1. The average molecular weight is 258 g/mol. The monoisotopic (exact) mass is 257 g/mol. The molecule has 0 aromatic carbocycles. The second-order valence-electron chi connectivity index (χ2n) is 3.84. The summed E-state index contributed by atoms with van der Waals surface area (Å²) in [5.41, 5.74) is 5.60.